The Labute approximate surface area is 204 Å². The highest BCUT2D eigenvalue weighted by atomic mass is 16.7. The maximum absolute atomic E-state index is 12.5. The van der Waals surface area contributed by atoms with E-state index in [1.807, 2.05) is 35.2 Å². The molecule has 0 spiro atoms. The number of benzene rings is 2. The van der Waals surface area contributed by atoms with Gasteiger partial charge in [-0.3, -0.25) is 14.4 Å². The summed E-state index contributed by atoms with van der Waals surface area (Å²) in [5.74, 6) is 2.14. The van der Waals surface area contributed by atoms with Crippen molar-refractivity contribution >= 4 is 17.6 Å². The van der Waals surface area contributed by atoms with E-state index in [4.69, 9.17) is 14.3 Å². The number of aromatic nitrogens is 1. The van der Waals surface area contributed by atoms with Gasteiger partial charge in [-0.1, -0.05) is 18.2 Å². The maximum atomic E-state index is 12.5. The molecule has 1 unspecified atom stereocenters. The number of hydroxylamine groups is 2. The summed E-state index contributed by atoms with van der Waals surface area (Å²) in [5, 5.41) is 3.86. The Morgan fingerprint density at radius 1 is 0.971 bits per heavy atom. The molecule has 1 saturated heterocycles. The molecule has 1 fully saturated rings. The molecule has 35 heavy (non-hydrogen) atoms. The van der Waals surface area contributed by atoms with Crippen molar-refractivity contribution in [3.05, 3.63) is 72.3 Å². The minimum Gasteiger partial charge on any atom is -0.457 e. The molecule has 2 heterocycles. The first kappa shape index (κ1) is 24.0. The first-order chi connectivity index (χ1) is 17.0. The summed E-state index contributed by atoms with van der Waals surface area (Å²) in [6, 6.07) is 20.0. The zero-order valence-corrected chi connectivity index (χ0v) is 19.9. The molecule has 2 aromatic carbocycles. The molecule has 1 aliphatic rings. The fourth-order valence-electron chi connectivity index (χ4n) is 3.82. The summed E-state index contributed by atoms with van der Waals surface area (Å²) in [6.07, 6.45) is 0.685. The summed E-state index contributed by atoms with van der Waals surface area (Å²) >= 11 is 0. The normalized spacial score (nSPS) is 14.9. The number of anilines is 1. The van der Waals surface area contributed by atoms with Crippen LogP contribution in [0.2, 0.25) is 0 Å². The van der Waals surface area contributed by atoms with Crippen molar-refractivity contribution in [2.45, 2.75) is 6.42 Å². The number of carbonyl (C=O) groups is 2. The fourth-order valence-corrected chi connectivity index (χ4v) is 3.82. The van der Waals surface area contributed by atoms with Crippen LogP contribution in [0.15, 0.2) is 66.7 Å². The van der Waals surface area contributed by atoms with Gasteiger partial charge in [0, 0.05) is 27.2 Å². The highest BCUT2D eigenvalue weighted by Crippen LogP contribution is 2.31. The standard InChI is InChI=1S/C26H28N4O5/c1-27-24(31)22-13-14-23(30-16-15-18(17-30)26(32)29(2)33-3)28-25(22)35-21-11-9-20(10-12-21)34-19-7-5-4-6-8-19/h4-14,18H,15-17H2,1-3H3,(H,27,31). The third kappa shape index (κ3) is 5.70. The molecule has 182 valence electrons. The molecule has 3 aromatic rings. The van der Waals surface area contributed by atoms with Gasteiger partial charge in [0.05, 0.1) is 13.0 Å². The Morgan fingerprint density at radius 3 is 2.29 bits per heavy atom. The topological polar surface area (TPSA) is 93.2 Å². The molecule has 9 heteroatoms. The number of nitrogens with zero attached hydrogens (tertiary/aromatic N) is 3. The molecule has 1 aliphatic heterocycles. The molecule has 0 aliphatic carbocycles. The van der Waals surface area contributed by atoms with Crippen LogP contribution in [0.25, 0.3) is 0 Å². The fraction of sp³-hybridized carbons (Fsp3) is 0.269. The smallest absolute Gasteiger partial charge is 0.256 e. The third-order valence-electron chi connectivity index (χ3n) is 5.78. The number of hydrogen-bond donors (Lipinski definition) is 1. The lowest BCUT2D eigenvalue weighted by Gasteiger charge is -2.21. The zero-order valence-electron chi connectivity index (χ0n) is 19.9. The van der Waals surface area contributed by atoms with Crippen LogP contribution >= 0.6 is 0 Å². The van der Waals surface area contributed by atoms with Gasteiger partial charge in [0.1, 0.15) is 28.6 Å². The van der Waals surface area contributed by atoms with Gasteiger partial charge in [-0.2, -0.15) is 4.98 Å². The van der Waals surface area contributed by atoms with Crippen molar-refractivity contribution in [2.24, 2.45) is 5.92 Å². The first-order valence-corrected chi connectivity index (χ1v) is 11.3. The molecule has 1 aromatic heterocycles. The van der Waals surface area contributed by atoms with Gasteiger partial charge in [0.15, 0.2) is 0 Å². The first-order valence-electron chi connectivity index (χ1n) is 11.3. The molecular formula is C26H28N4O5. The van der Waals surface area contributed by atoms with Crippen LogP contribution in [-0.2, 0) is 9.63 Å². The second-order valence-corrected chi connectivity index (χ2v) is 8.04. The van der Waals surface area contributed by atoms with Crippen LogP contribution in [0.5, 0.6) is 23.1 Å². The molecule has 0 radical (unpaired) electrons. The molecular weight excluding hydrogens is 448 g/mol. The highest BCUT2D eigenvalue weighted by Gasteiger charge is 2.31. The number of para-hydroxylation sites is 1. The Morgan fingerprint density at radius 2 is 1.63 bits per heavy atom. The largest absolute Gasteiger partial charge is 0.457 e. The molecule has 1 atom stereocenters. The van der Waals surface area contributed by atoms with E-state index in [2.05, 4.69) is 10.3 Å². The minimum atomic E-state index is -0.306. The highest BCUT2D eigenvalue weighted by molar-refractivity contribution is 5.96. The number of ether oxygens (including phenoxy) is 2. The van der Waals surface area contributed by atoms with Crippen LogP contribution in [0.1, 0.15) is 16.8 Å². The molecule has 4 rings (SSSR count). The van der Waals surface area contributed by atoms with Crippen molar-refractivity contribution in [1.82, 2.24) is 15.4 Å². The van der Waals surface area contributed by atoms with E-state index in [0.717, 1.165) is 5.75 Å². The number of nitrogens with one attached hydrogen (secondary N) is 1. The lowest BCUT2D eigenvalue weighted by atomic mass is 10.1. The van der Waals surface area contributed by atoms with E-state index < -0.39 is 0 Å². The maximum Gasteiger partial charge on any atom is 0.256 e. The van der Waals surface area contributed by atoms with E-state index in [1.54, 1.807) is 50.5 Å². The third-order valence-corrected chi connectivity index (χ3v) is 5.78. The van der Waals surface area contributed by atoms with E-state index in [0.29, 0.717) is 42.4 Å². The predicted molar refractivity (Wildman–Crippen MR) is 131 cm³/mol. The number of pyridine rings is 1. The lowest BCUT2D eigenvalue weighted by molar-refractivity contribution is -0.172. The van der Waals surface area contributed by atoms with Gasteiger partial charge in [-0.05, 0) is 55.0 Å². The molecule has 1 N–H and O–H groups in total. The van der Waals surface area contributed by atoms with Crippen LogP contribution in [0, 0.1) is 5.92 Å². The monoisotopic (exact) mass is 476 g/mol. The average molecular weight is 477 g/mol. The Hall–Kier alpha value is -4.11. The van der Waals surface area contributed by atoms with Crippen LogP contribution in [-0.4, -0.2) is 56.2 Å². The molecule has 0 bridgehead atoms. The summed E-state index contributed by atoms with van der Waals surface area (Å²) in [6.45, 7) is 1.16. The van der Waals surface area contributed by atoms with Crippen LogP contribution in [0.4, 0.5) is 5.82 Å². The van der Waals surface area contributed by atoms with Crippen molar-refractivity contribution in [2.75, 3.05) is 39.2 Å². The lowest BCUT2D eigenvalue weighted by Crippen LogP contribution is -2.34. The molecule has 2 amide bonds. The second kappa shape index (κ2) is 10.9. The van der Waals surface area contributed by atoms with E-state index in [9.17, 15) is 9.59 Å². The quantitative estimate of drug-likeness (QED) is 0.493. The van der Waals surface area contributed by atoms with Crippen molar-refractivity contribution in [3.8, 4) is 23.1 Å². The van der Waals surface area contributed by atoms with Gasteiger partial charge < -0.3 is 19.7 Å². The summed E-state index contributed by atoms with van der Waals surface area (Å²) in [4.78, 5) is 36.5. The van der Waals surface area contributed by atoms with Gasteiger partial charge in [0.2, 0.25) is 5.88 Å². The van der Waals surface area contributed by atoms with Gasteiger partial charge in [-0.25, -0.2) is 5.06 Å². The van der Waals surface area contributed by atoms with E-state index >= 15 is 0 Å². The molecule has 0 saturated carbocycles. The number of rotatable bonds is 8. The van der Waals surface area contributed by atoms with Gasteiger partial charge in [0.25, 0.3) is 11.8 Å². The number of carbonyl (C=O) groups excluding carboxylic acids is 2. The SMILES string of the molecule is CNC(=O)c1ccc(N2CCC(C(=O)N(C)OC)C2)nc1Oc1ccc(Oc2ccccc2)cc1. The van der Waals surface area contributed by atoms with Crippen molar-refractivity contribution in [1.29, 1.82) is 0 Å². The van der Waals surface area contributed by atoms with Crippen molar-refractivity contribution in [3.63, 3.8) is 0 Å². The summed E-state index contributed by atoms with van der Waals surface area (Å²) in [7, 11) is 4.62. The minimum absolute atomic E-state index is 0.0775. The van der Waals surface area contributed by atoms with E-state index in [1.165, 1.54) is 12.2 Å². The summed E-state index contributed by atoms with van der Waals surface area (Å²) < 4.78 is 11.8. The Balaban J connectivity index is 1.52. The van der Waals surface area contributed by atoms with Crippen LogP contribution < -0.4 is 19.7 Å². The number of amides is 2. The second-order valence-electron chi connectivity index (χ2n) is 8.04. The molecule has 9 nitrogen and oxygen atoms in total. The van der Waals surface area contributed by atoms with Gasteiger partial charge >= 0.3 is 0 Å². The number of hydrogen-bond acceptors (Lipinski definition) is 7. The van der Waals surface area contributed by atoms with Crippen LogP contribution in [0.3, 0.4) is 0 Å². The van der Waals surface area contributed by atoms with E-state index in [-0.39, 0.29) is 23.6 Å². The predicted octanol–water partition coefficient (Wildman–Crippen LogP) is 3.87. The van der Waals surface area contributed by atoms with Crippen molar-refractivity contribution < 1.29 is 23.9 Å². The Bertz CT molecular complexity index is 1170. The van der Waals surface area contributed by atoms with Gasteiger partial charge in [-0.15, -0.1) is 0 Å². The summed E-state index contributed by atoms with van der Waals surface area (Å²) in [5.41, 5.74) is 0.312. The average Bonchev–Trinajstić information content (AvgIpc) is 3.39. The Kier molecular flexibility index (Phi) is 7.47. The zero-order chi connectivity index (χ0) is 24.8.